The topological polar surface area (TPSA) is 46.3 Å². The molecule has 4 heteroatoms. The molecule has 0 heterocycles. The van der Waals surface area contributed by atoms with Crippen LogP contribution in [0.4, 0.5) is 0 Å². The van der Waals surface area contributed by atoms with Gasteiger partial charge in [0.2, 0.25) is 5.91 Å². The van der Waals surface area contributed by atoms with Gasteiger partial charge in [0, 0.05) is 24.5 Å². The molecule has 3 rings (SSSR count). The van der Waals surface area contributed by atoms with E-state index in [1.54, 1.807) is 0 Å². The van der Waals surface area contributed by atoms with Crippen molar-refractivity contribution in [3.63, 3.8) is 0 Å². The molecule has 2 unspecified atom stereocenters. The van der Waals surface area contributed by atoms with Gasteiger partial charge in [0.15, 0.2) is 0 Å². The predicted octanol–water partition coefficient (Wildman–Crippen LogP) is 3.74. The van der Waals surface area contributed by atoms with Gasteiger partial charge in [-0.05, 0) is 57.3 Å². The third-order valence-electron chi connectivity index (χ3n) is 6.40. The lowest BCUT2D eigenvalue weighted by atomic mass is 9.65. The van der Waals surface area contributed by atoms with E-state index in [4.69, 9.17) is 5.73 Å². The summed E-state index contributed by atoms with van der Waals surface area (Å²) < 4.78 is 0. The van der Waals surface area contributed by atoms with E-state index >= 15 is 0 Å². The molecule has 0 aromatic carbocycles. The van der Waals surface area contributed by atoms with Crippen molar-refractivity contribution in [2.24, 2.45) is 23.5 Å². The lowest BCUT2D eigenvalue weighted by molar-refractivity contribution is -0.141. The number of fused-ring (bicyclic) bond motifs is 2. The Kier molecular flexibility index (Phi) is 6.58. The summed E-state index contributed by atoms with van der Waals surface area (Å²) in [7, 11) is 0. The van der Waals surface area contributed by atoms with Crippen molar-refractivity contribution < 1.29 is 4.79 Å². The number of hydrogen-bond acceptors (Lipinski definition) is 2. The van der Waals surface area contributed by atoms with E-state index in [1.165, 1.54) is 51.4 Å². The first kappa shape index (κ1) is 18.1. The van der Waals surface area contributed by atoms with Crippen LogP contribution < -0.4 is 5.73 Å². The normalized spacial score (nSPS) is 35.5. The molecule has 3 aliphatic rings. The van der Waals surface area contributed by atoms with Crippen LogP contribution in [0.3, 0.4) is 0 Å². The largest absolute Gasteiger partial charge is 0.340 e. The molecule has 3 aliphatic carbocycles. The monoisotopic (exact) mass is 328 g/mol. The molecule has 2 bridgehead atoms. The lowest BCUT2D eigenvalue weighted by Gasteiger charge is -2.45. The van der Waals surface area contributed by atoms with Gasteiger partial charge < -0.3 is 10.6 Å². The van der Waals surface area contributed by atoms with Crippen LogP contribution in [0.5, 0.6) is 0 Å². The first-order valence-electron chi connectivity index (χ1n) is 9.26. The van der Waals surface area contributed by atoms with Crippen LogP contribution in [-0.2, 0) is 4.79 Å². The molecule has 0 aromatic heterocycles. The van der Waals surface area contributed by atoms with Crippen LogP contribution >= 0.6 is 12.4 Å². The van der Waals surface area contributed by atoms with Gasteiger partial charge in [-0.2, -0.15) is 0 Å². The molecule has 1 amide bonds. The summed E-state index contributed by atoms with van der Waals surface area (Å²) in [4.78, 5) is 15.3. The highest BCUT2D eigenvalue weighted by atomic mass is 35.5. The summed E-state index contributed by atoms with van der Waals surface area (Å²) in [6.45, 7) is 3.04. The maximum Gasteiger partial charge on any atom is 0.225 e. The van der Waals surface area contributed by atoms with Crippen molar-refractivity contribution in [3.8, 4) is 0 Å². The van der Waals surface area contributed by atoms with E-state index < -0.39 is 0 Å². The third-order valence-corrected chi connectivity index (χ3v) is 6.40. The van der Waals surface area contributed by atoms with Gasteiger partial charge in [-0.1, -0.05) is 25.7 Å². The van der Waals surface area contributed by atoms with E-state index in [2.05, 4.69) is 11.8 Å². The molecule has 0 aliphatic heterocycles. The molecule has 0 saturated heterocycles. The molecule has 2 atom stereocenters. The predicted molar refractivity (Wildman–Crippen MR) is 93.0 cm³/mol. The van der Waals surface area contributed by atoms with Crippen molar-refractivity contribution >= 4 is 18.3 Å². The number of amides is 1. The fourth-order valence-electron chi connectivity index (χ4n) is 5.21. The SMILES string of the molecule is CCN(C(=O)C1CC2CCCC(C1)C2N)C1CCCCC1.Cl. The molecule has 3 saturated carbocycles. The first-order valence-corrected chi connectivity index (χ1v) is 9.26. The number of rotatable bonds is 3. The quantitative estimate of drug-likeness (QED) is 0.857. The Bertz CT molecular complexity index is 356. The zero-order valence-corrected chi connectivity index (χ0v) is 14.8. The molecule has 0 spiro atoms. The summed E-state index contributed by atoms with van der Waals surface area (Å²) in [5, 5.41) is 0. The third kappa shape index (κ3) is 3.62. The Hall–Kier alpha value is -0.280. The molecular formula is C18H33ClN2O. The average Bonchev–Trinajstić information content (AvgIpc) is 2.48. The van der Waals surface area contributed by atoms with E-state index in [1.807, 2.05) is 0 Å². The molecule has 0 radical (unpaired) electrons. The first-order chi connectivity index (χ1) is 10.2. The van der Waals surface area contributed by atoms with Crippen LogP contribution in [0.25, 0.3) is 0 Å². The maximum absolute atomic E-state index is 13.1. The minimum absolute atomic E-state index is 0. The molecule has 128 valence electrons. The van der Waals surface area contributed by atoms with Crippen molar-refractivity contribution in [2.75, 3.05) is 6.54 Å². The highest BCUT2D eigenvalue weighted by Gasteiger charge is 2.42. The molecule has 22 heavy (non-hydrogen) atoms. The second kappa shape index (κ2) is 8.01. The number of carbonyl (C=O) groups is 1. The van der Waals surface area contributed by atoms with Crippen LogP contribution in [0.2, 0.25) is 0 Å². The summed E-state index contributed by atoms with van der Waals surface area (Å²) in [5.41, 5.74) is 6.37. The van der Waals surface area contributed by atoms with E-state index in [0.717, 1.165) is 19.4 Å². The number of hydrogen-bond donors (Lipinski definition) is 1. The van der Waals surface area contributed by atoms with E-state index in [-0.39, 0.29) is 18.3 Å². The van der Waals surface area contributed by atoms with Gasteiger partial charge in [0.25, 0.3) is 0 Å². The number of halogens is 1. The van der Waals surface area contributed by atoms with Gasteiger partial charge in [-0.25, -0.2) is 0 Å². The Balaban J connectivity index is 0.00000176. The summed E-state index contributed by atoms with van der Waals surface area (Å²) in [6.07, 6.45) is 12.3. The smallest absolute Gasteiger partial charge is 0.225 e. The van der Waals surface area contributed by atoms with Crippen LogP contribution in [0, 0.1) is 17.8 Å². The van der Waals surface area contributed by atoms with Crippen LogP contribution in [0.15, 0.2) is 0 Å². The van der Waals surface area contributed by atoms with Gasteiger partial charge in [-0.3, -0.25) is 4.79 Å². The molecule has 3 fully saturated rings. The molecule has 2 N–H and O–H groups in total. The van der Waals surface area contributed by atoms with E-state index in [9.17, 15) is 4.79 Å². The zero-order chi connectivity index (χ0) is 14.8. The summed E-state index contributed by atoms with van der Waals surface area (Å²) in [5.74, 6) is 1.93. The Morgan fingerprint density at radius 3 is 2.14 bits per heavy atom. The molecule has 3 nitrogen and oxygen atoms in total. The number of nitrogens with two attached hydrogens (primary N) is 1. The highest BCUT2D eigenvalue weighted by molar-refractivity contribution is 5.85. The standard InChI is InChI=1S/C18H32N2O.ClH/c1-2-20(16-9-4-3-5-10-16)18(21)15-11-13-7-6-8-14(12-15)17(13)19;/h13-17H,2-12,19H2,1H3;1H. The molecule has 0 aromatic rings. The van der Waals surface area contributed by atoms with Crippen LogP contribution in [0.1, 0.15) is 71.1 Å². The number of carbonyl (C=O) groups excluding carboxylic acids is 1. The van der Waals surface area contributed by atoms with Crippen molar-refractivity contribution in [2.45, 2.75) is 83.2 Å². The van der Waals surface area contributed by atoms with Crippen molar-refractivity contribution in [1.82, 2.24) is 4.90 Å². The fraction of sp³-hybridized carbons (Fsp3) is 0.944. The minimum Gasteiger partial charge on any atom is -0.340 e. The lowest BCUT2D eigenvalue weighted by Crippen LogP contribution is -2.51. The summed E-state index contributed by atoms with van der Waals surface area (Å²) in [6, 6.07) is 0.888. The van der Waals surface area contributed by atoms with Gasteiger partial charge >= 0.3 is 0 Å². The zero-order valence-electron chi connectivity index (χ0n) is 14.0. The minimum atomic E-state index is 0. The fourth-order valence-corrected chi connectivity index (χ4v) is 5.21. The Labute approximate surface area is 141 Å². The van der Waals surface area contributed by atoms with Gasteiger partial charge in [-0.15, -0.1) is 12.4 Å². The van der Waals surface area contributed by atoms with Gasteiger partial charge in [0.05, 0.1) is 0 Å². The average molecular weight is 329 g/mol. The van der Waals surface area contributed by atoms with Crippen molar-refractivity contribution in [3.05, 3.63) is 0 Å². The van der Waals surface area contributed by atoms with Gasteiger partial charge in [0.1, 0.15) is 0 Å². The summed E-state index contributed by atoms with van der Waals surface area (Å²) >= 11 is 0. The highest BCUT2D eigenvalue weighted by Crippen LogP contribution is 2.42. The van der Waals surface area contributed by atoms with Crippen LogP contribution in [-0.4, -0.2) is 29.4 Å². The second-order valence-corrected chi connectivity index (χ2v) is 7.61. The van der Waals surface area contributed by atoms with Crippen molar-refractivity contribution in [1.29, 1.82) is 0 Å². The van der Waals surface area contributed by atoms with E-state index in [0.29, 0.717) is 29.8 Å². The second-order valence-electron chi connectivity index (χ2n) is 7.61. The Morgan fingerprint density at radius 2 is 1.59 bits per heavy atom. The Morgan fingerprint density at radius 1 is 1.00 bits per heavy atom. The number of nitrogens with zero attached hydrogens (tertiary/aromatic N) is 1. The maximum atomic E-state index is 13.1. The molecular weight excluding hydrogens is 296 g/mol.